The number of rotatable bonds is 7. The van der Waals surface area contributed by atoms with Crippen LogP contribution >= 0.6 is 11.8 Å². The molecule has 0 aromatic heterocycles. The first-order valence-corrected chi connectivity index (χ1v) is 9.95. The summed E-state index contributed by atoms with van der Waals surface area (Å²) in [5.74, 6) is 0.993. The van der Waals surface area contributed by atoms with Crippen molar-refractivity contribution in [1.82, 2.24) is 0 Å². The molecule has 1 unspecified atom stereocenters. The maximum absolute atomic E-state index is 12.5. The van der Waals surface area contributed by atoms with E-state index in [1.54, 1.807) is 11.8 Å². The van der Waals surface area contributed by atoms with Gasteiger partial charge in [-0.1, -0.05) is 36.4 Å². The highest BCUT2D eigenvalue weighted by Crippen LogP contribution is 2.31. The Morgan fingerprint density at radius 3 is 2.54 bits per heavy atom. The van der Waals surface area contributed by atoms with E-state index in [1.807, 2.05) is 50.2 Å². The average molecular weight is 369 g/mol. The molecular weight excluding hydrogens is 344 g/mol. The van der Waals surface area contributed by atoms with Crippen molar-refractivity contribution in [1.29, 1.82) is 0 Å². The van der Waals surface area contributed by atoms with Crippen molar-refractivity contribution in [2.45, 2.75) is 37.7 Å². The summed E-state index contributed by atoms with van der Waals surface area (Å²) in [5.41, 5.74) is 3.66. The van der Waals surface area contributed by atoms with Crippen molar-refractivity contribution >= 4 is 35.0 Å². The van der Waals surface area contributed by atoms with Crippen molar-refractivity contribution in [3.05, 3.63) is 59.7 Å². The second-order valence-electron chi connectivity index (χ2n) is 6.72. The SMILES string of the molecule is Cc1ccc(NC(=O)C2CC2)cc1NC(=O)C(C)SCc1ccccc1. The molecule has 4 nitrogen and oxygen atoms in total. The Kier molecular flexibility index (Phi) is 5.99. The molecule has 0 spiro atoms. The zero-order valence-corrected chi connectivity index (χ0v) is 15.9. The Hall–Kier alpha value is -2.27. The summed E-state index contributed by atoms with van der Waals surface area (Å²) in [4.78, 5) is 24.4. The summed E-state index contributed by atoms with van der Waals surface area (Å²) >= 11 is 1.61. The highest BCUT2D eigenvalue weighted by molar-refractivity contribution is 7.99. The molecule has 0 radical (unpaired) electrons. The summed E-state index contributed by atoms with van der Waals surface area (Å²) in [7, 11) is 0. The summed E-state index contributed by atoms with van der Waals surface area (Å²) in [6.07, 6.45) is 1.94. The topological polar surface area (TPSA) is 58.2 Å². The fraction of sp³-hybridized carbons (Fsp3) is 0.333. The van der Waals surface area contributed by atoms with E-state index in [2.05, 4.69) is 22.8 Å². The first-order chi connectivity index (χ1) is 12.5. The first-order valence-electron chi connectivity index (χ1n) is 8.91. The molecule has 0 bridgehead atoms. The molecule has 0 saturated heterocycles. The minimum absolute atomic E-state index is 0.0281. The summed E-state index contributed by atoms with van der Waals surface area (Å²) in [5, 5.41) is 5.75. The number of hydrogen-bond acceptors (Lipinski definition) is 3. The smallest absolute Gasteiger partial charge is 0.237 e. The van der Waals surface area contributed by atoms with E-state index < -0.39 is 0 Å². The molecule has 2 aromatic rings. The van der Waals surface area contributed by atoms with Crippen LogP contribution < -0.4 is 10.6 Å². The lowest BCUT2D eigenvalue weighted by Gasteiger charge is -2.15. The van der Waals surface area contributed by atoms with Crippen LogP contribution in [-0.2, 0) is 15.3 Å². The van der Waals surface area contributed by atoms with Crippen LogP contribution in [0.2, 0.25) is 0 Å². The lowest BCUT2D eigenvalue weighted by Crippen LogP contribution is -2.23. The fourth-order valence-corrected chi connectivity index (χ4v) is 3.37. The molecule has 0 heterocycles. The molecular formula is C21H24N2O2S. The van der Waals surface area contributed by atoms with Gasteiger partial charge in [-0.05, 0) is 49.9 Å². The van der Waals surface area contributed by atoms with Gasteiger partial charge in [-0.2, -0.15) is 0 Å². The Bertz CT molecular complexity index is 788. The maximum atomic E-state index is 12.5. The molecule has 2 aromatic carbocycles. The predicted octanol–water partition coefficient (Wildman–Crippen LogP) is 4.60. The molecule has 1 fully saturated rings. The van der Waals surface area contributed by atoms with Crippen LogP contribution in [0.5, 0.6) is 0 Å². The van der Waals surface area contributed by atoms with E-state index in [9.17, 15) is 9.59 Å². The van der Waals surface area contributed by atoms with Gasteiger partial charge >= 0.3 is 0 Å². The first kappa shape index (κ1) is 18.5. The Morgan fingerprint density at radius 1 is 1.12 bits per heavy atom. The standard InChI is InChI=1S/C21H24N2O2S/c1-14-8-11-18(22-21(25)17-9-10-17)12-19(14)23-20(24)15(2)26-13-16-6-4-3-5-7-16/h3-8,11-12,15,17H,9-10,13H2,1-2H3,(H,22,25)(H,23,24). The van der Waals surface area contributed by atoms with E-state index in [0.29, 0.717) is 0 Å². The van der Waals surface area contributed by atoms with E-state index in [-0.39, 0.29) is 23.0 Å². The third-order valence-corrected chi connectivity index (χ3v) is 5.64. The monoisotopic (exact) mass is 368 g/mol. The van der Waals surface area contributed by atoms with E-state index in [0.717, 1.165) is 35.5 Å². The quantitative estimate of drug-likeness (QED) is 0.751. The normalized spacial score (nSPS) is 14.5. The van der Waals surface area contributed by atoms with Gasteiger partial charge in [-0.15, -0.1) is 11.8 Å². The van der Waals surface area contributed by atoms with Crippen molar-refractivity contribution in [3.63, 3.8) is 0 Å². The molecule has 2 N–H and O–H groups in total. The second-order valence-corrected chi connectivity index (χ2v) is 8.05. The lowest BCUT2D eigenvalue weighted by atomic mass is 10.1. The number of hydrogen-bond donors (Lipinski definition) is 2. The van der Waals surface area contributed by atoms with Crippen molar-refractivity contribution in [2.24, 2.45) is 5.92 Å². The fourth-order valence-electron chi connectivity index (χ4n) is 2.53. The number of thioether (sulfide) groups is 1. The summed E-state index contributed by atoms with van der Waals surface area (Å²) < 4.78 is 0. The zero-order valence-electron chi connectivity index (χ0n) is 15.1. The van der Waals surface area contributed by atoms with Gasteiger partial charge in [0.2, 0.25) is 11.8 Å². The van der Waals surface area contributed by atoms with Gasteiger partial charge in [0.15, 0.2) is 0 Å². The molecule has 3 rings (SSSR count). The predicted molar refractivity (Wildman–Crippen MR) is 108 cm³/mol. The van der Waals surface area contributed by atoms with E-state index in [4.69, 9.17) is 0 Å². The molecule has 1 saturated carbocycles. The molecule has 0 aliphatic heterocycles. The Balaban J connectivity index is 1.57. The third kappa shape index (κ3) is 5.11. The molecule has 2 amide bonds. The van der Waals surface area contributed by atoms with Crippen LogP contribution in [0.4, 0.5) is 11.4 Å². The Labute approximate surface area is 158 Å². The number of carbonyl (C=O) groups is 2. The maximum Gasteiger partial charge on any atom is 0.237 e. The van der Waals surface area contributed by atoms with Crippen molar-refractivity contribution in [3.8, 4) is 0 Å². The number of aryl methyl sites for hydroxylation is 1. The minimum Gasteiger partial charge on any atom is -0.326 e. The molecule has 1 aliphatic rings. The van der Waals surface area contributed by atoms with Gasteiger partial charge in [-0.25, -0.2) is 0 Å². The highest BCUT2D eigenvalue weighted by Gasteiger charge is 2.29. The van der Waals surface area contributed by atoms with Crippen LogP contribution in [0.3, 0.4) is 0 Å². The molecule has 1 atom stereocenters. The summed E-state index contributed by atoms with van der Waals surface area (Å²) in [6, 6.07) is 15.8. The van der Waals surface area contributed by atoms with E-state index >= 15 is 0 Å². The number of carbonyl (C=O) groups excluding carboxylic acids is 2. The van der Waals surface area contributed by atoms with Gasteiger partial charge in [0.1, 0.15) is 0 Å². The average Bonchev–Trinajstić information content (AvgIpc) is 3.48. The second kappa shape index (κ2) is 8.41. The molecule has 1 aliphatic carbocycles. The van der Waals surface area contributed by atoms with Crippen molar-refractivity contribution in [2.75, 3.05) is 10.6 Å². The summed E-state index contributed by atoms with van der Waals surface area (Å²) in [6.45, 7) is 3.86. The van der Waals surface area contributed by atoms with Gasteiger partial charge in [-0.3, -0.25) is 9.59 Å². The largest absolute Gasteiger partial charge is 0.326 e. The number of nitrogens with one attached hydrogen (secondary N) is 2. The van der Waals surface area contributed by atoms with Crippen LogP contribution in [-0.4, -0.2) is 17.1 Å². The number of benzene rings is 2. The minimum atomic E-state index is -0.167. The zero-order chi connectivity index (χ0) is 18.5. The Morgan fingerprint density at radius 2 is 1.85 bits per heavy atom. The van der Waals surface area contributed by atoms with Gasteiger partial charge in [0, 0.05) is 23.0 Å². The molecule has 26 heavy (non-hydrogen) atoms. The van der Waals surface area contributed by atoms with E-state index in [1.165, 1.54) is 5.56 Å². The molecule has 5 heteroatoms. The van der Waals surface area contributed by atoms with Gasteiger partial charge < -0.3 is 10.6 Å². The third-order valence-electron chi connectivity index (χ3n) is 4.42. The van der Waals surface area contributed by atoms with Gasteiger partial charge in [0.25, 0.3) is 0 Å². The van der Waals surface area contributed by atoms with Crippen LogP contribution in [0.15, 0.2) is 48.5 Å². The number of anilines is 2. The van der Waals surface area contributed by atoms with Crippen molar-refractivity contribution < 1.29 is 9.59 Å². The lowest BCUT2D eigenvalue weighted by molar-refractivity contribution is -0.117. The van der Waals surface area contributed by atoms with Crippen LogP contribution in [0, 0.1) is 12.8 Å². The van der Waals surface area contributed by atoms with Crippen LogP contribution in [0.25, 0.3) is 0 Å². The highest BCUT2D eigenvalue weighted by atomic mass is 32.2. The number of amides is 2. The molecule has 136 valence electrons. The van der Waals surface area contributed by atoms with Gasteiger partial charge in [0.05, 0.1) is 5.25 Å². The van der Waals surface area contributed by atoms with Crippen LogP contribution in [0.1, 0.15) is 30.9 Å².